The number of aromatic hydroxyl groups is 1. The van der Waals surface area contributed by atoms with Crippen molar-refractivity contribution < 1.29 is 9.84 Å². The van der Waals surface area contributed by atoms with Crippen LogP contribution in [0.15, 0.2) is 29.8 Å². The first-order valence-electron chi connectivity index (χ1n) is 5.15. The number of ether oxygens (including phenoxy) is 1. The van der Waals surface area contributed by atoms with Gasteiger partial charge in [0, 0.05) is 0 Å². The molecule has 0 bridgehead atoms. The Bertz CT molecular complexity index is 354. The lowest BCUT2D eigenvalue weighted by molar-refractivity contribution is 0.373. The highest BCUT2D eigenvalue weighted by Crippen LogP contribution is 2.27. The molecule has 0 amide bonds. The molecule has 1 aromatic carbocycles. The Labute approximate surface area is 91.2 Å². The number of aryl methyl sites for hydroxylation is 1. The normalized spacial score (nSPS) is 11.5. The van der Waals surface area contributed by atoms with Crippen LogP contribution in [0.2, 0.25) is 0 Å². The van der Waals surface area contributed by atoms with Crippen molar-refractivity contribution in [1.82, 2.24) is 0 Å². The van der Waals surface area contributed by atoms with Gasteiger partial charge in [-0.1, -0.05) is 17.7 Å². The number of hydrogen-bond acceptors (Lipinski definition) is 2. The third kappa shape index (κ3) is 3.31. The van der Waals surface area contributed by atoms with Gasteiger partial charge in [-0.2, -0.15) is 0 Å². The molecule has 0 aliphatic heterocycles. The first-order chi connectivity index (χ1) is 7.17. The highest BCUT2D eigenvalue weighted by molar-refractivity contribution is 5.41. The third-order valence-corrected chi connectivity index (χ3v) is 2.54. The molecule has 2 heteroatoms. The van der Waals surface area contributed by atoms with E-state index in [1.807, 2.05) is 19.1 Å². The molecule has 0 radical (unpaired) electrons. The molecular weight excluding hydrogens is 188 g/mol. The smallest absolute Gasteiger partial charge is 0.160 e. The van der Waals surface area contributed by atoms with Crippen molar-refractivity contribution in [2.45, 2.75) is 26.7 Å². The van der Waals surface area contributed by atoms with E-state index < -0.39 is 0 Å². The van der Waals surface area contributed by atoms with Gasteiger partial charge >= 0.3 is 0 Å². The molecule has 0 fully saturated rings. The SMILES string of the molecule is CC=C(C)CCc1ccc(O)c(OC)c1. The molecule has 1 N–H and O–H groups in total. The van der Waals surface area contributed by atoms with Crippen molar-refractivity contribution in [1.29, 1.82) is 0 Å². The first kappa shape index (κ1) is 11.6. The minimum atomic E-state index is 0.198. The summed E-state index contributed by atoms with van der Waals surface area (Å²) in [7, 11) is 1.57. The van der Waals surface area contributed by atoms with E-state index in [1.165, 1.54) is 11.1 Å². The van der Waals surface area contributed by atoms with E-state index in [-0.39, 0.29) is 5.75 Å². The van der Waals surface area contributed by atoms with Crippen LogP contribution in [-0.4, -0.2) is 12.2 Å². The summed E-state index contributed by atoms with van der Waals surface area (Å²) in [6.45, 7) is 4.17. The summed E-state index contributed by atoms with van der Waals surface area (Å²) in [4.78, 5) is 0. The molecule has 1 aromatic rings. The Morgan fingerprint density at radius 2 is 2.20 bits per heavy atom. The van der Waals surface area contributed by atoms with Crippen LogP contribution in [0.25, 0.3) is 0 Å². The second kappa shape index (κ2) is 5.44. The average molecular weight is 206 g/mol. The zero-order valence-corrected chi connectivity index (χ0v) is 9.58. The maximum absolute atomic E-state index is 9.42. The molecule has 0 atom stereocenters. The van der Waals surface area contributed by atoms with E-state index in [9.17, 15) is 5.11 Å². The molecule has 0 aliphatic carbocycles. The summed E-state index contributed by atoms with van der Waals surface area (Å²) in [6, 6.07) is 5.50. The minimum absolute atomic E-state index is 0.198. The van der Waals surface area contributed by atoms with Crippen molar-refractivity contribution in [3.63, 3.8) is 0 Å². The van der Waals surface area contributed by atoms with Gasteiger partial charge in [0.2, 0.25) is 0 Å². The van der Waals surface area contributed by atoms with E-state index >= 15 is 0 Å². The van der Waals surface area contributed by atoms with Crippen LogP contribution < -0.4 is 4.74 Å². The Hall–Kier alpha value is -1.44. The Morgan fingerprint density at radius 1 is 1.47 bits per heavy atom. The predicted molar refractivity (Wildman–Crippen MR) is 62.4 cm³/mol. The second-order valence-electron chi connectivity index (χ2n) is 3.64. The van der Waals surface area contributed by atoms with Gasteiger partial charge in [0.15, 0.2) is 11.5 Å². The molecule has 0 unspecified atom stereocenters. The van der Waals surface area contributed by atoms with Gasteiger partial charge in [-0.15, -0.1) is 0 Å². The lowest BCUT2D eigenvalue weighted by Crippen LogP contribution is -1.89. The molecule has 0 heterocycles. The van der Waals surface area contributed by atoms with Crippen LogP contribution in [0.3, 0.4) is 0 Å². The molecule has 0 saturated heterocycles. The van der Waals surface area contributed by atoms with E-state index in [1.54, 1.807) is 13.2 Å². The zero-order chi connectivity index (χ0) is 11.3. The highest BCUT2D eigenvalue weighted by atomic mass is 16.5. The fraction of sp³-hybridized carbons (Fsp3) is 0.385. The number of rotatable bonds is 4. The van der Waals surface area contributed by atoms with Gasteiger partial charge < -0.3 is 9.84 Å². The van der Waals surface area contributed by atoms with Crippen molar-refractivity contribution >= 4 is 0 Å². The summed E-state index contributed by atoms with van der Waals surface area (Å²) < 4.78 is 5.05. The third-order valence-electron chi connectivity index (χ3n) is 2.54. The maximum Gasteiger partial charge on any atom is 0.160 e. The van der Waals surface area contributed by atoms with Crippen LogP contribution >= 0.6 is 0 Å². The standard InChI is InChI=1S/C13H18O2/c1-4-10(2)5-6-11-7-8-12(14)13(9-11)15-3/h4,7-9,14H,5-6H2,1-3H3. The van der Waals surface area contributed by atoms with Crippen LogP contribution in [0.5, 0.6) is 11.5 Å². The Balaban J connectivity index is 2.70. The number of benzene rings is 1. The maximum atomic E-state index is 9.42. The first-order valence-corrected chi connectivity index (χ1v) is 5.15. The summed E-state index contributed by atoms with van der Waals surface area (Å²) in [6.07, 6.45) is 4.15. The molecule has 0 spiro atoms. The van der Waals surface area contributed by atoms with Gasteiger partial charge in [-0.25, -0.2) is 0 Å². The van der Waals surface area contributed by atoms with Crippen LogP contribution in [0, 0.1) is 0 Å². The van der Waals surface area contributed by atoms with Gasteiger partial charge in [0.25, 0.3) is 0 Å². The lowest BCUT2D eigenvalue weighted by atomic mass is 10.1. The molecule has 15 heavy (non-hydrogen) atoms. The molecule has 1 rings (SSSR count). The molecular formula is C13H18O2. The molecule has 0 aromatic heterocycles. The van der Waals surface area contributed by atoms with E-state index in [0.717, 1.165) is 12.8 Å². The van der Waals surface area contributed by atoms with Gasteiger partial charge in [-0.3, -0.25) is 0 Å². The topological polar surface area (TPSA) is 29.5 Å². The van der Waals surface area contributed by atoms with Crippen LogP contribution in [0.1, 0.15) is 25.8 Å². The van der Waals surface area contributed by atoms with E-state index in [0.29, 0.717) is 5.75 Å². The minimum Gasteiger partial charge on any atom is -0.504 e. The number of hydrogen-bond donors (Lipinski definition) is 1. The molecule has 82 valence electrons. The summed E-state index contributed by atoms with van der Waals surface area (Å²) in [5.41, 5.74) is 2.56. The fourth-order valence-corrected chi connectivity index (χ4v) is 1.36. The average Bonchev–Trinajstić information content (AvgIpc) is 2.27. The number of allylic oxidation sites excluding steroid dienone is 2. The van der Waals surface area contributed by atoms with Crippen LogP contribution in [0.4, 0.5) is 0 Å². The summed E-state index contributed by atoms with van der Waals surface area (Å²) in [5.74, 6) is 0.745. The Morgan fingerprint density at radius 3 is 2.80 bits per heavy atom. The van der Waals surface area contributed by atoms with Crippen molar-refractivity contribution in [3.8, 4) is 11.5 Å². The number of methoxy groups -OCH3 is 1. The Kier molecular flexibility index (Phi) is 4.22. The monoisotopic (exact) mass is 206 g/mol. The van der Waals surface area contributed by atoms with E-state index in [4.69, 9.17) is 4.74 Å². The van der Waals surface area contributed by atoms with Gasteiger partial charge in [-0.05, 0) is 44.4 Å². The van der Waals surface area contributed by atoms with Crippen LogP contribution in [-0.2, 0) is 6.42 Å². The quantitative estimate of drug-likeness (QED) is 0.766. The van der Waals surface area contributed by atoms with Crippen molar-refractivity contribution in [2.24, 2.45) is 0 Å². The lowest BCUT2D eigenvalue weighted by Gasteiger charge is -2.06. The fourth-order valence-electron chi connectivity index (χ4n) is 1.36. The van der Waals surface area contributed by atoms with Crippen molar-refractivity contribution in [2.75, 3.05) is 7.11 Å². The van der Waals surface area contributed by atoms with Crippen molar-refractivity contribution in [3.05, 3.63) is 35.4 Å². The number of phenolic OH excluding ortho intramolecular Hbond substituents is 1. The summed E-state index contributed by atoms with van der Waals surface area (Å²) >= 11 is 0. The van der Waals surface area contributed by atoms with E-state index in [2.05, 4.69) is 13.0 Å². The predicted octanol–water partition coefficient (Wildman–Crippen LogP) is 3.30. The van der Waals surface area contributed by atoms with Gasteiger partial charge in [0.05, 0.1) is 7.11 Å². The summed E-state index contributed by atoms with van der Waals surface area (Å²) in [5, 5.41) is 9.42. The second-order valence-corrected chi connectivity index (χ2v) is 3.64. The zero-order valence-electron chi connectivity index (χ0n) is 9.58. The number of phenols is 1. The highest BCUT2D eigenvalue weighted by Gasteiger charge is 2.02. The largest absolute Gasteiger partial charge is 0.504 e. The molecule has 2 nitrogen and oxygen atoms in total. The molecule has 0 aliphatic rings. The molecule has 0 saturated carbocycles. The van der Waals surface area contributed by atoms with Gasteiger partial charge in [0.1, 0.15) is 0 Å².